The van der Waals surface area contributed by atoms with Gasteiger partial charge >= 0.3 is 0 Å². The lowest BCUT2D eigenvalue weighted by Gasteiger charge is -2.14. The van der Waals surface area contributed by atoms with E-state index in [2.05, 4.69) is 5.16 Å². The van der Waals surface area contributed by atoms with Gasteiger partial charge in [0.25, 0.3) is 0 Å². The number of hydrogen-bond acceptors (Lipinski definition) is 4. The predicted molar refractivity (Wildman–Crippen MR) is 93.7 cm³/mol. The lowest BCUT2D eigenvalue weighted by atomic mass is 10.2. The molecule has 0 aliphatic rings. The van der Waals surface area contributed by atoms with Gasteiger partial charge in [0.2, 0.25) is 5.91 Å². The van der Waals surface area contributed by atoms with E-state index in [0.717, 1.165) is 28.3 Å². The molecule has 0 unspecified atom stereocenters. The Hall–Kier alpha value is -2.56. The SMILES string of the molecule is Cc1noc(C)c1CN(C)C(=O)/C=C/c1cccc(OC(C)C)c1. The van der Waals surface area contributed by atoms with E-state index in [9.17, 15) is 4.79 Å². The van der Waals surface area contributed by atoms with E-state index >= 15 is 0 Å². The first kappa shape index (κ1) is 17.8. The minimum atomic E-state index is -0.0785. The fourth-order valence-electron chi connectivity index (χ4n) is 2.30. The smallest absolute Gasteiger partial charge is 0.246 e. The molecule has 2 aromatic rings. The fraction of sp³-hybridized carbons (Fsp3) is 0.368. The van der Waals surface area contributed by atoms with E-state index in [1.165, 1.54) is 0 Å². The summed E-state index contributed by atoms with van der Waals surface area (Å²) in [5, 5.41) is 3.91. The predicted octanol–water partition coefficient (Wildman–Crippen LogP) is 3.75. The Morgan fingerprint density at radius 2 is 2.12 bits per heavy atom. The molecule has 2 rings (SSSR count). The molecule has 0 saturated heterocycles. The van der Waals surface area contributed by atoms with Gasteiger partial charge in [-0.3, -0.25) is 4.79 Å². The van der Waals surface area contributed by atoms with E-state index in [4.69, 9.17) is 9.26 Å². The second kappa shape index (κ2) is 7.81. The highest BCUT2D eigenvalue weighted by atomic mass is 16.5. The van der Waals surface area contributed by atoms with Crippen molar-refractivity contribution in [1.82, 2.24) is 10.1 Å². The number of carbonyl (C=O) groups is 1. The van der Waals surface area contributed by atoms with Gasteiger partial charge in [-0.15, -0.1) is 0 Å². The van der Waals surface area contributed by atoms with Crippen LogP contribution in [0.3, 0.4) is 0 Å². The van der Waals surface area contributed by atoms with E-state index in [1.807, 2.05) is 52.0 Å². The van der Waals surface area contributed by atoms with Gasteiger partial charge in [-0.1, -0.05) is 17.3 Å². The van der Waals surface area contributed by atoms with Gasteiger partial charge in [0.15, 0.2) is 0 Å². The molecule has 1 aromatic carbocycles. The zero-order valence-corrected chi connectivity index (χ0v) is 14.9. The minimum Gasteiger partial charge on any atom is -0.491 e. The summed E-state index contributed by atoms with van der Waals surface area (Å²) >= 11 is 0. The standard InChI is InChI=1S/C19H24N2O3/c1-13(2)23-17-8-6-7-16(11-17)9-10-19(22)21(5)12-18-14(3)20-24-15(18)4/h6-11,13H,12H2,1-5H3/b10-9+. The van der Waals surface area contributed by atoms with Crippen molar-refractivity contribution in [2.24, 2.45) is 0 Å². The number of rotatable bonds is 6. The Labute approximate surface area is 142 Å². The van der Waals surface area contributed by atoms with E-state index in [-0.39, 0.29) is 12.0 Å². The molecule has 1 aromatic heterocycles. The zero-order valence-electron chi connectivity index (χ0n) is 14.9. The molecule has 5 heteroatoms. The maximum Gasteiger partial charge on any atom is 0.246 e. The van der Waals surface area contributed by atoms with Crippen molar-refractivity contribution >= 4 is 12.0 Å². The number of amides is 1. The van der Waals surface area contributed by atoms with Crippen LogP contribution in [0.4, 0.5) is 0 Å². The number of carbonyl (C=O) groups excluding carboxylic acids is 1. The number of likely N-dealkylation sites (N-methyl/N-ethyl adjacent to an activating group) is 1. The second-order valence-electron chi connectivity index (χ2n) is 6.07. The number of hydrogen-bond donors (Lipinski definition) is 0. The molecule has 0 saturated carbocycles. The van der Waals surface area contributed by atoms with Gasteiger partial charge in [0, 0.05) is 18.7 Å². The van der Waals surface area contributed by atoms with Crippen LogP contribution in [0.5, 0.6) is 5.75 Å². The number of benzene rings is 1. The third-order valence-corrected chi connectivity index (χ3v) is 3.60. The molecular weight excluding hydrogens is 304 g/mol. The van der Waals surface area contributed by atoms with Crippen LogP contribution >= 0.6 is 0 Å². The van der Waals surface area contributed by atoms with Crippen LogP contribution in [0.1, 0.15) is 36.4 Å². The molecule has 0 radical (unpaired) electrons. The summed E-state index contributed by atoms with van der Waals surface area (Å²) < 4.78 is 10.8. The summed E-state index contributed by atoms with van der Waals surface area (Å²) in [5.41, 5.74) is 2.69. The third-order valence-electron chi connectivity index (χ3n) is 3.60. The van der Waals surface area contributed by atoms with Gasteiger partial charge in [-0.2, -0.15) is 0 Å². The molecule has 5 nitrogen and oxygen atoms in total. The number of ether oxygens (including phenoxy) is 1. The van der Waals surface area contributed by atoms with Crippen LogP contribution in [-0.2, 0) is 11.3 Å². The molecule has 128 valence electrons. The second-order valence-corrected chi connectivity index (χ2v) is 6.07. The summed E-state index contributed by atoms with van der Waals surface area (Å²) in [6, 6.07) is 7.67. The summed E-state index contributed by atoms with van der Waals surface area (Å²) in [7, 11) is 1.76. The first-order valence-electron chi connectivity index (χ1n) is 7.98. The normalized spacial score (nSPS) is 11.2. The van der Waals surface area contributed by atoms with Crippen molar-refractivity contribution in [2.75, 3.05) is 7.05 Å². The maximum absolute atomic E-state index is 12.3. The summed E-state index contributed by atoms with van der Waals surface area (Å²) in [6.45, 7) is 8.16. The average Bonchev–Trinajstić information content (AvgIpc) is 2.84. The van der Waals surface area contributed by atoms with Gasteiger partial charge < -0.3 is 14.2 Å². The van der Waals surface area contributed by atoms with Crippen LogP contribution in [-0.4, -0.2) is 29.1 Å². The molecule has 24 heavy (non-hydrogen) atoms. The van der Waals surface area contributed by atoms with Crippen LogP contribution in [0, 0.1) is 13.8 Å². The van der Waals surface area contributed by atoms with Gasteiger partial charge in [0.1, 0.15) is 11.5 Å². The molecule has 1 amide bonds. The molecular formula is C19H24N2O3. The molecule has 0 aliphatic carbocycles. The molecule has 1 heterocycles. The quantitative estimate of drug-likeness (QED) is 0.758. The largest absolute Gasteiger partial charge is 0.491 e. The Morgan fingerprint density at radius 1 is 1.38 bits per heavy atom. The Bertz CT molecular complexity index is 712. The third kappa shape index (κ3) is 4.72. The molecule has 0 spiro atoms. The van der Waals surface area contributed by atoms with Gasteiger partial charge in [0.05, 0.1) is 18.3 Å². The lowest BCUT2D eigenvalue weighted by Crippen LogP contribution is -2.24. The summed E-state index contributed by atoms with van der Waals surface area (Å²) in [5.74, 6) is 1.46. The lowest BCUT2D eigenvalue weighted by molar-refractivity contribution is -0.125. The van der Waals surface area contributed by atoms with Crippen molar-refractivity contribution in [1.29, 1.82) is 0 Å². The molecule has 0 fully saturated rings. The van der Waals surface area contributed by atoms with E-state index in [1.54, 1.807) is 24.1 Å². The number of aryl methyl sites for hydroxylation is 2. The highest BCUT2D eigenvalue weighted by Crippen LogP contribution is 2.17. The zero-order chi connectivity index (χ0) is 17.7. The average molecular weight is 328 g/mol. The minimum absolute atomic E-state index is 0.0785. The van der Waals surface area contributed by atoms with Crippen molar-refractivity contribution in [3.8, 4) is 5.75 Å². The van der Waals surface area contributed by atoms with Crippen molar-refractivity contribution in [3.05, 3.63) is 52.9 Å². The number of nitrogens with zero attached hydrogens (tertiary/aromatic N) is 2. The van der Waals surface area contributed by atoms with E-state index < -0.39 is 0 Å². The Balaban J connectivity index is 2.02. The van der Waals surface area contributed by atoms with Crippen LogP contribution in [0.25, 0.3) is 6.08 Å². The van der Waals surface area contributed by atoms with Crippen molar-refractivity contribution in [3.63, 3.8) is 0 Å². The topological polar surface area (TPSA) is 55.6 Å². The van der Waals surface area contributed by atoms with Crippen molar-refractivity contribution < 1.29 is 14.1 Å². The highest BCUT2D eigenvalue weighted by molar-refractivity contribution is 5.91. The highest BCUT2D eigenvalue weighted by Gasteiger charge is 2.13. The van der Waals surface area contributed by atoms with Gasteiger partial charge in [-0.05, 0) is 51.5 Å². The molecule has 0 bridgehead atoms. The van der Waals surface area contributed by atoms with Crippen LogP contribution in [0.15, 0.2) is 34.9 Å². The Kier molecular flexibility index (Phi) is 5.79. The molecule has 0 atom stereocenters. The van der Waals surface area contributed by atoms with Crippen molar-refractivity contribution in [2.45, 2.75) is 40.3 Å². The Morgan fingerprint density at radius 3 is 2.75 bits per heavy atom. The summed E-state index contributed by atoms with van der Waals surface area (Å²) in [4.78, 5) is 13.9. The molecule has 0 N–H and O–H groups in total. The number of aromatic nitrogens is 1. The first-order valence-corrected chi connectivity index (χ1v) is 7.98. The van der Waals surface area contributed by atoms with E-state index in [0.29, 0.717) is 6.54 Å². The fourth-order valence-corrected chi connectivity index (χ4v) is 2.30. The first-order chi connectivity index (χ1) is 11.4. The molecule has 0 aliphatic heterocycles. The summed E-state index contributed by atoms with van der Waals surface area (Å²) in [6.07, 6.45) is 3.47. The van der Waals surface area contributed by atoms with Crippen LogP contribution < -0.4 is 4.74 Å². The maximum atomic E-state index is 12.3. The monoisotopic (exact) mass is 328 g/mol. The van der Waals surface area contributed by atoms with Gasteiger partial charge in [-0.25, -0.2) is 0 Å². The van der Waals surface area contributed by atoms with Crippen LogP contribution in [0.2, 0.25) is 0 Å².